The molecule has 4 heteroatoms. The standard InChI is InChI=1S/C13H17N3O/c1-17-12-8-11(2-7-16-12)9-15-10-13(3-4-13)5-6-14/h2,7-8,15H,3-5,9-10H2,1H3. The van der Waals surface area contributed by atoms with Crippen LogP contribution in [0, 0.1) is 16.7 Å². The molecule has 0 saturated heterocycles. The lowest BCUT2D eigenvalue weighted by molar-refractivity contribution is 0.396. The number of nitriles is 1. The molecule has 1 saturated carbocycles. The van der Waals surface area contributed by atoms with Crippen molar-refractivity contribution in [1.82, 2.24) is 10.3 Å². The van der Waals surface area contributed by atoms with E-state index in [1.807, 2.05) is 12.1 Å². The molecule has 4 nitrogen and oxygen atoms in total. The van der Waals surface area contributed by atoms with Gasteiger partial charge in [0.2, 0.25) is 5.88 Å². The Morgan fingerprint density at radius 2 is 2.41 bits per heavy atom. The van der Waals surface area contributed by atoms with Crippen molar-refractivity contribution >= 4 is 0 Å². The number of pyridine rings is 1. The second kappa shape index (κ2) is 5.15. The number of hydrogen-bond acceptors (Lipinski definition) is 4. The topological polar surface area (TPSA) is 57.9 Å². The number of aromatic nitrogens is 1. The molecule has 0 unspecified atom stereocenters. The molecule has 2 rings (SSSR count). The van der Waals surface area contributed by atoms with E-state index in [2.05, 4.69) is 16.4 Å². The maximum atomic E-state index is 8.72. The largest absolute Gasteiger partial charge is 0.481 e. The Hall–Kier alpha value is -1.60. The summed E-state index contributed by atoms with van der Waals surface area (Å²) in [5.41, 5.74) is 1.41. The highest BCUT2D eigenvalue weighted by Gasteiger charge is 2.41. The fraction of sp³-hybridized carbons (Fsp3) is 0.538. The predicted molar refractivity (Wildman–Crippen MR) is 64.4 cm³/mol. The second-order valence-electron chi connectivity index (χ2n) is 4.64. The molecule has 0 aliphatic heterocycles. The van der Waals surface area contributed by atoms with Gasteiger partial charge in [-0.1, -0.05) is 0 Å². The van der Waals surface area contributed by atoms with Crippen LogP contribution in [0.1, 0.15) is 24.8 Å². The lowest BCUT2D eigenvalue weighted by Gasteiger charge is -2.12. The third-order valence-corrected chi connectivity index (χ3v) is 3.25. The van der Waals surface area contributed by atoms with E-state index in [0.29, 0.717) is 12.3 Å². The first kappa shape index (κ1) is 11.9. The summed E-state index contributed by atoms with van der Waals surface area (Å²) in [6, 6.07) is 6.17. The molecule has 1 aromatic heterocycles. The predicted octanol–water partition coefficient (Wildman–Crippen LogP) is 1.87. The summed E-state index contributed by atoms with van der Waals surface area (Å²) in [4.78, 5) is 4.06. The minimum atomic E-state index is 0.256. The van der Waals surface area contributed by atoms with Crippen LogP contribution in [0.4, 0.5) is 0 Å². The Balaban J connectivity index is 1.80. The highest BCUT2D eigenvalue weighted by atomic mass is 16.5. The normalized spacial score (nSPS) is 16.2. The van der Waals surface area contributed by atoms with Crippen molar-refractivity contribution in [2.45, 2.75) is 25.8 Å². The summed E-state index contributed by atoms with van der Waals surface area (Å²) < 4.78 is 5.07. The lowest BCUT2D eigenvalue weighted by atomic mass is 10.0. The summed E-state index contributed by atoms with van der Waals surface area (Å²) in [5, 5.41) is 12.1. The van der Waals surface area contributed by atoms with Gasteiger partial charge in [0.25, 0.3) is 0 Å². The van der Waals surface area contributed by atoms with E-state index in [1.165, 1.54) is 12.8 Å². The molecule has 0 atom stereocenters. The molecule has 1 heterocycles. The van der Waals surface area contributed by atoms with Gasteiger partial charge in [-0.2, -0.15) is 5.26 Å². The fourth-order valence-electron chi connectivity index (χ4n) is 1.90. The quantitative estimate of drug-likeness (QED) is 0.812. The third-order valence-electron chi connectivity index (χ3n) is 3.25. The van der Waals surface area contributed by atoms with Crippen LogP contribution in [-0.4, -0.2) is 18.6 Å². The molecule has 0 amide bonds. The van der Waals surface area contributed by atoms with E-state index in [0.717, 1.165) is 18.7 Å². The Morgan fingerprint density at radius 1 is 1.59 bits per heavy atom. The summed E-state index contributed by atoms with van der Waals surface area (Å²) in [6.45, 7) is 1.72. The SMILES string of the molecule is COc1cc(CNCC2(CC#N)CC2)ccn1. The molecule has 1 aromatic rings. The van der Waals surface area contributed by atoms with Gasteiger partial charge in [-0.05, 0) is 29.9 Å². The minimum absolute atomic E-state index is 0.256. The van der Waals surface area contributed by atoms with Crippen LogP contribution in [0.3, 0.4) is 0 Å². The lowest BCUT2D eigenvalue weighted by Crippen LogP contribution is -2.23. The number of nitrogens with zero attached hydrogens (tertiary/aromatic N) is 2. The second-order valence-corrected chi connectivity index (χ2v) is 4.64. The molecular formula is C13H17N3O. The molecule has 90 valence electrons. The molecule has 1 aliphatic carbocycles. The summed E-state index contributed by atoms with van der Waals surface area (Å²) >= 11 is 0. The van der Waals surface area contributed by atoms with E-state index < -0.39 is 0 Å². The Morgan fingerprint density at radius 3 is 3.06 bits per heavy atom. The molecule has 1 fully saturated rings. The molecule has 1 N–H and O–H groups in total. The number of ether oxygens (including phenoxy) is 1. The van der Waals surface area contributed by atoms with Gasteiger partial charge in [0, 0.05) is 31.8 Å². The molecular weight excluding hydrogens is 214 g/mol. The van der Waals surface area contributed by atoms with E-state index in [4.69, 9.17) is 10.00 Å². The maximum Gasteiger partial charge on any atom is 0.213 e. The highest BCUT2D eigenvalue weighted by Crippen LogP contribution is 2.47. The zero-order valence-corrected chi connectivity index (χ0v) is 10.1. The van der Waals surface area contributed by atoms with Crippen LogP contribution in [-0.2, 0) is 6.54 Å². The van der Waals surface area contributed by atoms with Crippen molar-refractivity contribution in [2.75, 3.05) is 13.7 Å². The van der Waals surface area contributed by atoms with E-state index in [9.17, 15) is 0 Å². The molecule has 0 spiro atoms. The van der Waals surface area contributed by atoms with Crippen LogP contribution in [0.15, 0.2) is 18.3 Å². The third kappa shape index (κ3) is 3.18. The van der Waals surface area contributed by atoms with Crippen molar-refractivity contribution in [2.24, 2.45) is 5.41 Å². The van der Waals surface area contributed by atoms with E-state index in [1.54, 1.807) is 13.3 Å². The summed E-state index contributed by atoms with van der Waals surface area (Å²) in [6.07, 6.45) is 4.76. The van der Waals surface area contributed by atoms with Gasteiger partial charge in [0.1, 0.15) is 0 Å². The zero-order chi connectivity index (χ0) is 12.1. The van der Waals surface area contributed by atoms with Crippen molar-refractivity contribution in [3.05, 3.63) is 23.9 Å². The summed E-state index contributed by atoms with van der Waals surface area (Å²) in [7, 11) is 1.62. The molecule has 0 aromatic carbocycles. The van der Waals surface area contributed by atoms with E-state index >= 15 is 0 Å². The van der Waals surface area contributed by atoms with Gasteiger partial charge in [-0.25, -0.2) is 4.98 Å². The van der Waals surface area contributed by atoms with Crippen molar-refractivity contribution in [3.63, 3.8) is 0 Å². The van der Waals surface area contributed by atoms with Gasteiger partial charge < -0.3 is 10.1 Å². The number of nitrogens with one attached hydrogen (secondary N) is 1. The van der Waals surface area contributed by atoms with Gasteiger partial charge in [-0.3, -0.25) is 0 Å². The molecule has 1 aliphatic rings. The first-order valence-corrected chi connectivity index (χ1v) is 5.85. The van der Waals surface area contributed by atoms with Crippen LogP contribution >= 0.6 is 0 Å². The van der Waals surface area contributed by atoms with Gasteiger partial charge in [0.15, 0.2) is 0 Å². The highest BCUT2D eigenvalue weighted by molar-refractivity contribution is 5.20. The maximum absolute atomic E-state index is 8.72. The smallest absolute Gasteiger partial charge is 0.213 e. The van der Waals surface area contributed by atoms with Crippen LogP contribution < -0.4 is 10.1 Å². The van der Waals surface area contributed by atoms with Crippen LogP contribution in [0.5, 0.6) is 5.88 Å². The average molecular weight is 231 g/mol. The monoisotopic (exact) mass is 231 g/mol. The van der Waals surface area contributed by atoms with Crippen molar-refractivity contribution in [3.8, 4) is 11.9 Å². The molecule has 0 radical (unpaired) electrons. The first-order chi connectivity index (χ1) is 8.28. The Bertz CT molecular complexity index is 421. The zero-order valence-electron chi connectivity index (χ0n) is 10.1. The number of hydrogen-bond donors (Lipinski definition) is 1. The molecule has 17 heavy (non-hydrogen) atoms. The van der Waals surface area contributed by atoms with Crippen molar-refractivity contribution in [1.29, 1.82) is 5.26 Å². The number of rotatable bonds is 6. The fourth-order valence-corrected chi connectivity index (χ4v) is 1.90. The Labute approximate surface area is 102 Å². The van der Waals surface area contributed by atoms with Crippen LogP contribution in [0.2, 0.25) is 0 Å². The van der Waals surface area contributed by atoms with E-state index in [-0.39, 0.29) is 5.41 Å². The first-order valence-electron chi connectivity index (χ1n) is 5.85. The average Bonchev–Trinajstić information content (AvgIpc) is 3.10. The molecule has 0 bridgehead atoms. The van der Waals surface area contributed by atoms with Gasteiger partial charge in [0.05, 0.1) is 13.2 Å². The van der Waals surface area contributed by atoms with Gasteiger partial charge in [-0.15, -0.1) is 0 Å². The number of methoxy groups -OCH3 is 1. The minimum Gasteiger partial charge on any atom is -0.481 e. The summed E-state index contributed by atoms with van der Waals surface area (Å²) in [5.74, 6) is 0.641. The Kier molecular flexibility index (Phi) is 3.60. The van der Waals surface area contributed by atoms with Gasteiger partial charge >= 0.3 is 0 Å². The van der Waals surface area contributed by atoms with Crippen LogP contribution in [0.25, 0.3) is 0 Å². The van der Waals surface area contributed by atoms with Crippen molar-refractivity contribution < 1.29 is 4.74 Å².